The number of hydrogen-bond donors (Lipinski definition) is 4. The SMILES string of the molecule is CC(NC(=O)O)C(=O)Nn1cccc1C(=O)Nc1ccon1. The fourth-order valence-corrected chi connectivity index (χ4v) is 1.59. The Balaban J connectivity index is 2.04. The maximum atomic E-state index is 12.0. The van der Waals surface area contributed by atoms with E-state index in [9.17, 15) is 14.4 Å². The van der Waals surface area contributed by atoms with Gasteiger partial charge in [-0.15, -0.1) is 0 Å². The Labute approximate surface area is 124 Å². The minimum absolute atomic E-state index is 0.138. The second-order valence-corrected chi connectivity index (χ2v) is 4.25. The zero-order valence-electron chi connectivity index (χ0n) is 11.4. The van der Waals surface area contributed by atoms with Crippen LogP contribution >= 0.6 is 0 Å². The van der Waals surface area contributed by atoms with Crippen LogP contribution < -0.4 is 16.1 Å². The van der Waals surface area contributed by atoms with Crippen molar-refractivity contribution in [1.29, 1.82) is 0 Å². The van der Waals surface area contributed by atoms with Crippen molar-refractivity contribution in [3.05, 3.63) is 36.4 Å². The lowest BCUT2D eigenvalue weighted by Crippen LogP contribution is -2.43. The molecule has 10 nitrogen and oxygen atoms in total. The van der Waals surface area contributed by atoms with E-state index >= 15 is 0 Å². The number of carboxylic acid groups (broad SMARTS) is 1. The number of nitrogens with one attached hydrogen (secondary N) is 3. The fraction of sp³-hybridized carbons (Fsp3) is 0.167. The maximum absolute atomic E-state index is 12.0. The number of carbonyl (C=O) groups is 3. The van der Waals surface area contributed by atoms with Gasteiger partial charge >= 0.3 is 6.09 Å². The van der Waals surface area contributed by atoms with Gasteiger partial charge in [-0.05, 0) is 19.1 Å². The number of nitrogens with zero attached hydrogens (tertiary/aromatic N) is 2. The Hall–Kier alpha value is -3.30. The molecule has 116 valence electrons. The molecule has 10 heteroatoms. The van der Waals surface area contributed by atoms with Gasteiger partial charge in [-0.3, -0.25) is 19.7 Å². The van der Waals surface area contributed by atoms with Gasteiger partial charge in [0.2, 0.25) is 0 Å². The van der Waals surface area contributed by atoms with Gasteiger partial charge in [-0.25, -0.2) is 4.79 Å². The molecule has 0 aromatic carbocycles. The van der Waals surface area contributed by atoms with Crippen molar-refractivity contribution >= 4 is 23.7 Å². The molecule has 1 unspecified atom stereocenters. The van der Waals surface area contributed by atoms with E-state index in [0.29, 0.717) is 0 Å². The standard InChI is InChI=1S/C12H13N5O5/c1-7(13-12(20)21)10(18)15-17-5-2-3-8(17)11(19)14-9-4-6-22-16-9/h2-7,13H,1H3,(H,15,18)(H,20,21)(H,14,16,19). The van der Waals surface area contributed by atoms with Gasteiger partial charge in [0.1, 0.15) is 18.0 Å². The van der Waals surface area contributed by atoms with E-state index in [-0.39, 0.29) is 11.5 Å². The van der Waals surface area contributed by atoms with Crippen LogP contribution in [0.3, 0.4) is 0 Å². The maximum Gasteiger partial charge on any atom is 0.405 e. The van der Waals surface area contributed by atoms with Crippen molar-refractivity contribution in [1.82, 2.24) is 15.1 Å². The summed E-state index contributed by atoms with van der Waals surface area (Å²) < 4.78 is 5.77. The number of amides is 3. The molecule has 0 saturated carbocycles. The zero-order chi connectivity index (χ0) is 16.1. The summed E-state index contributed by atoms with van der Waals surface area (Å²) in [5.74, 6) is -0.905. The van der Waals surface area contributed by atoms with E-state index in [0.717, 1.165) is 0 Å². The van der Waals surface area contributed by atoms with E-state index < -0.39 is 23.9 Å². The summed E-state index contributed by atoms with van der Waals surface area (Å²) in [4.78, 5) is 34.4. The quantitative estimate of drug-likeness (QED) is 0.632. The minimum Gasteiger partial charge on any atom is -0.465 e. The van der Waals surface area contributed by atoms with Crippen LogP contribution in [0.5, 0.6) is 0 Å². The third-order valence-electron chi connectivity index (χ3n) is 2.62. The van der Waals surface area contributed by atoms with Crippen molar-refractivity contribution < 1.29 is 24.0 Å². The highest BCUT2D eigenvalue weighted by Crippen LogP contribution is 2.06. The van der Waals surface area contributed by atoms with Crippen LogP contribution in [-0.2, 0) is 4.79 Å². The molecule has 22 heavy (non-hydrogen) atoms. The molecule has 0 spiro atoms. The van der Waals surface area contributed by atoms with E-state index in [4.69, 9.17) is 5.11 Å². The topological polar surface area (TPSA) is 138 Å². The molecule has 2 heterocycles. The van der Waals surface area contributed by atoms with Gasteiger partial charge in [0.15, 0.2) is 5.82 Å². The van der Waals surface area contributed by atoms with Gasteiger partial charge < -0.3 is 20.3 Å². The normalized spacial score (nSPS) is 11.5. The molecular weight excluding hydrogens is 294 g/mol. The highest BCUT2D eigenvalue weighted by atomic mass is 16.5. The highest BCUT2D eigenvalue weighted by molar-refractivity contribution is 6.03. The lowest BCUT2D eigenvalue weighted by molar-refractivity contribution is -0.118. The van der Waals surface area contributed by atoms with Gasteiger partial charge in [0, 0.05) is 12.3 Å². The molecular formula is C12H13N5O5. The first-order chi connectivity index (χ1) is 10.5. The number of anilines is 1. The predicted molar refractivity (Wildman–Crippen MR) is 73.9 cm³/mol. The van der Waals surface area contributed by atoms with E-state index in [1.807, 2.05) is 5.32 Å². The Kier molecular flexibility index (Phi) is 4.41. The van der Waals surface area contributed by atoms with Gasteiger partial charge in [-0.1, -0.05) is 5.16 Å². The predicted octanol–water partition coefficient (Wildman–Crippen LogP) is 0.455. The number of rotatable bonds is 5. The number of carbonyl (C=O) groups excluding carboxylic acids is 2. The van der Waals surface area contributed by atoms with Crippen molar-refractivity contribution in [2.45, 2.75) is 13.0 Å². The van der Waals surface area contributed by atoms with Crippen molar-refractivity contribution in [2.75, 3.05) is 10.7 Å². The summed E-state index contributed by atoms with van der Waals surface area (Å²) in [5, 5.41) is 16.6. The summed E-state index contributed by atoms with van der Waals surface area (Å²) >= 11 is 0. The van der Waals surface area contributed by atoms with Crippen LogP contribution in [0.2, 0.25) is 0 Å². The monoisotopic (exact) mass is 307 g/mol. The lowest BCUT2D eigenvalue weighted by atomic mass is 10.3. The van der Waals surface area contributed by atoms with E-state index in [1.54, 1.807) is 6.07 Å². The average Bonchev–Trinajstić information content (AvgIpc) is 3.09. The molecule has 2 aromatic heterocycles. The number of aromatic nitrogens is 2. The van der Waals surface area contributed by atoms with Crippen LogP contribution in [0.1, 0.15) is 17.4 Å². The molecule has 0 bridgehead atoms. The van der Waals surface area contributed by atoms with E-state index in [1.165, 1.54) is 36.2 Å². The Morgan fingerprint density at radius 3 is 2.77 bits per heavy atom. The molecule has 3 amide bonds. The van der Waals surface area contributed by atoms with Gasteiger partial charge in [0.05, 0.1) is 0 Å². The molecule has 1 atom stereocenters. The molecule has 0 fully saturated rings. The molecule has 2 aromatic rings. The molecule has 4 N–H and O–H groups in total. The fourth-order valence-electron chi connectivity index (χ4n) is 1.59. The van der Waals surface area contributed by atoms with Crippen molar-refractivity contribution in [2.24, 2.45) is 0 Å². The average molecular weight is 307 g/mol. The highest BCUT2D eigenvalue weighted by Gasteiger charge is 2.18. The summed E-state index contributed by atoms with van der Waals surface area (Å²) in [6.07, 6.45) is 1.43. The second-order valence-electron chi connectivity index (χ2n) is 4.25. The Bertz CT molecular complexity index is 678. The minimum atomic E-state index is -1.32. The smallest absolute Gasteiger partial charge is 0.405 e. The molecule has 0 radical (unpaired) electrons. The molecule has 0 saturated heterocycles. The van der Waals surface area contributed by atoms with Crippen molar-refractivity contribution in [3.63, 3.8) is 0 Å². The third kappa shape index (κ3) is 3.62. The zero-order valence-corrected chi connectivity index (χ0v) is 11.4. The lowest BCUT2D eigenvalue weighted by Gasteiger charge is -2.14. The van der Waals surface area contributed by atoms with Crippen LogP contribution in [-0.4, -0.2) is 38.9 Å². The van der Waals surface area contributed by atoms with Crippen molar-refractivity contribution in [3.8, 4) is 0 Å². The Morgan fingerprint density at radius 2 is 2.14 bits per heavy atom. The number of hydrogen-bond acceptors (Lipinski definition) is 5. The second kappa shape index (κ2) is 6.43. The molecule has 0 aliphatic rings. The van der Waals surface area contributed by atoms with E-state index in [2.05, 4.69) is 20.4 Å². The van der Waals surface area contributed by atoms with Crippen LogP contribution in [0.25, 0.3) is 0 Å². The van der Waals surface area contributed by atoms with Gasteiger partial charge in [0.25, 0.3) is 11.8 Å². The van der Waals surface area contributed by atoms with Crippen LogP contribution in [0.4, 0.5) is 10.6 Å². The van der Waals surface area contributed by atoms with Crippen LogP contribution in [0, 0.1) is 0 Å². The first-order valence-corrected chi connectivity index (χ1v) is 6.17. The summed E-state index contributed by atoms with van der Waals surface area (Å²) in [6.45, 7) is 1.38. The summed E-state index contributed by atoms with van der Waals surface area (Å²) in [7, 11) is 0. The molecule has 2 rings (SSSR count). The third-order valence-corrected chi connectivity index (χ3v) is 2.62. The first kappa shape index (κ1) is 15.1. The summed E-state index contributed by atoms with van der Waals surface area (Å²) in [6, 6.07) is 3.51. The molecule has 0 aliphatic carbocycles. The molecule has 0 aliphatic heterocycles. The summed E-state index contributed by atoms with van der Waals surface area (Å²) in [5.41, 5.74) is 2.54. The largest absolute Gasteiger partial charge is 0.465 e. The Morgan fingerprint density at radius 1 is 1.36 bits per heavy atom. The van der Waals surface area contributed by atoms with Gasteiger partial charge in [-0.2, -0.15) is 0 Å². The first-order valence-electron chi connectivity index (χ1n) is 6.17. The van der Waals surface area contributed by atoms with Crippen LogP contribution in [0.15, 0.2) is 35.2 Å².